The van der Waals surface area contributed by atoms with Crippen molar-refractivity contribution in [3.05, 3.63) is 58.4 Å². The number of aromatic carboxylic acids is 1. The summed E-state index contributed by atoms with van der Waals surface area (Å²) in [6.45, 7) is 6.36. The molecule has 2 rings (SSSR count). The average Bonchev–Trinajstić information content (AvgIpc) is 2.37. The van der Waals surface area contributed by atoms with Gasteiger partial charge >= 0.3 is 5.97 Å². The fraction of sp³-hybridized carbons (Fsp3) is 0.200. The first-order chi connectivity index (χ1) is 9.00. The summed E-state index contributed by atoms with van der Waals surface area (Å²) < 4.78 is 1.80. The number of fused-ring (bicyclic) bond motifs is 1. The number of aryl methyl sites for hydroxylation is 1. The SMILES string of the molecule is C=C(C)CCn1cc(C(=O)O)c(=O)c2ccccc21. The third kappa shape index (κ3) is 2.57. The van der Waals surface area contributed by atoms with Gasteiger partial charge in [-0.1, -0.05) is 17.7 Å². The summed E-state index contributed by atoms with van der Waals surface area (Å²) >= 11 is 0. The Morgan fingerprint density at radius 2 is 2.05 bits per heavy atom. The molecule has 0 unspecified atom stereocenters. The number of hydrogen-bond acceptors (Lipinski definition) is 2. The van der Waals surface area contributed by atoms with Crippen molar-refractivity contribution in [3.8, 4) is 0 Å². The maximum absolute atomic E-state index is 12.0. The molecule has 0 aliphatic carbocycles. The van der Waals surface area contributed by atoms with E-state index >= 15 is 0 Å². The maximum Gasteiger partial charge on any atom is 0.341 e. The Kier molecular flexibility index (Phi) is 3.51. The van der Waals surface area contributed by atoms with Crippen LogP contribution >= 0.6 is 0 Å². The van der Waals surface area contributed by atoms with E-state index < -0.39 is 11.4 Å². The Hall–Kier alpha value is -2.36. The van der Waals surface area contributed by atoms with E-state index in [0.29, 0.717) is 11.9 Å². The number of carbonyl (C=O) groups is 1. The first-order valence-electron chi connectivity index (χ1n) is 6.00. The molecule has 2 aromatic rings. The van der Waals surface area contributed by atoms with Gasteiger partial charge < -0.3 is 9.67 Å². The summed E-state index contributed by atoms with van der Waals surface area (Å²) in [5, 5.41) is 9.53. The van der Waals surface area contributed by atoms with Crippen molar-refractivity contribution in [1.82, 2.24) is 4.57 Å². The van der Waals surface area contributed by atoms with Crippen LogP contribution < -0.4 is 5.43 Å². The lowest BCUT2D eigenvalue weighted by Crippen LogP contribution is -2.19. The maximum atomic E-state index is 12.0. The molecule has 1 heterocycles. The number of benzene rings is 1. The molecular weight excluding hydrogens is 242 g/mol. The molecule has 4 nitrogen and oxygen atoms in total. The van der Waals surface area contributed by atoms with Gasteiger partial charge in [-0.05, 0) is 25.5 Å². The zero-order valence-corrected chi connectivity index (χ0v) is 10.7. The van der Waals surface area contributed by atoms with Crippen molar-refractivity contribution < 1.29 is 9.90 Å². The van der Waals surface area contributed by atoms with Crippen LogP contribution in [0.4, 0.5) is 0 Å². The number of nitrogens with zero attached hydrogens (tertiary/aromatic N) is 1. The molecular formula is C15H15NO3. The van der Waals surface area contributed by atoms with E-state index in [1.807, 2.05) is 19.1 Å². The van der Waals surface area contributed by atoms with E-state index in [-0.39, 0.29) is 5.56 Å². The lowest BCUT2D eigenvalue weighted by molar-refractivity contribution is 0.0695. The number of para-hydroxylation sites is 1. The van der Waals surface area contributed by atoms with Crippen LogP contribution in [-0.2, 0) is 6.54 Å². The van der Waals surface area contributed by atoms with Crippen LogP contribution in [0.2, 0.25) is 0 Å². The highest BCUT2D eigenvalue weighted by Crippen LogP contribution is 2.13. The first kappa shape index (κ1) is 13.1. The van der Waals surface area contributed by atoms with Crippen LogP contribution in [0.3, 0.4) is 0 Å². The van der Waals surface area contributed by atoms with Gasteiger partial charge in [0.25, 0.3) is 0 Å². The van der Waals surface area contributed by atoms with Gasteiger partial charge in [0.05, 0.1) is 5.52 Å². The van der Waals surface area contributed by atoms with E-state index in [9.17, 15) is 9.59 Å². The predicted octanol–water partition coefficient (Wildman–Crippen LogP) is 2.67. The van der Waals surface area contributed by atoms with Crippen LogP contribution in [0.5, 0.6) is 0 Å². The van der Waals surface area contributed by atoms with Gasteiger partial charge in [-0.2, -0.15) is 0 Å². The molecule has 4 heteroatoms. The highest BCUT2D eigenvalue weighted by atomic mass is 16.4. The molecule has 0 saturated heterocycles. The normalized spacial score (nSPS) is 10.6. The molecule has 1 aromatic heterocycles. The molecule has 0 fully saturated rings. The van der Waals surface area contributed by atoms with Crippen molar-refractivity contribution in [2.75, 3.05) is 0 Å². The number of allylic oxidation sites excluding steroid dienone is 1. The summed E-state index contributed by atoms with van der Waals surface area (Å²) in [4.78, 5) is 23.2. The molecule has 0 atom stereocenters. The Morgan fingerprint density at radius 3 is 2.68 bits per heavy atom. The number of rotatable bonds is 4. The number of pyridine rings is 1. The molecule has 0 saturated carbocycles. The second kappa shape index (κ2) is 5.10. The molecule has 1 aromatic carbocycles. The summed E-state index contributed by atoms with van der Waals surface area (Å²) in [5.74, 6) is -1.19. The quantitative estimate of drug-likeness (QED) is 0.857. The van der Waals surface area contributed by atoms with Gasteiger partial charge in [0, 0.05) is 18.1 Å². The molecule has 98 valence electrons. The summed E-state index contributed by atoms with van der Waals surface area (Å²) in [5.41, 5.74) is 1.13. The smallest absolute Gasteiger partial charge is 0.341 e. The van der Waals surface area contributed by atoms with Crippen LogP contribution in [0.1, 0.15) is 23.7 Å². The number of carboxylic acid groups (broad SMARTS) is 1. The monoisotopic (exact) mass is 257 g/mol. The second-order valence-electron chi connectivity index (χ2n) is 4.59. The lowest BCUT2D eigenvalue weighted by Gasteiger charge is -2.12. The van der Waals surface area contributed by atoms with Gasteiger partial charge in [0.1, 0.15) is 5.56 Å². The van der Waals surface area contributed by atoms with Crippen molar-refractivity contribution in [2.24, 2.45) is 0 Å². The van der Waals surface area contributed by atoms with Crippen LogP contribution in [0.15, 0.2) is 47.4 Å². The minimum Gasteiger partial charge on any atom is -0.477 e. The summed E-state index contributed by atoms with van der Waals surface area (Å²) in [6.07, 6.45) is 2.15. The standard InChI is InChI=1S/C15H15NO3/c1-10(2)7-8-16-9-12(15(18)19)14(17)11-5-3-4-6-13(11)16/h3-6,9H,1,7-8H2,2H3,(H,18,19). The number of carboxylic acids is 1. The van der Waals surface area contributed by atoms with Crippen molar-refractivity contribution in [3.63, 3.8) is 0 Å². The first-order valence-corrected chi connectivity index (χ1v) is 6.00. The lowest BCUT2D eigenvalue weighted by atomic mass is 10.1. The number of aromatic nitrogens is 1. The van der Waals surface area contributed by atoms with Gasteiger partial charge in [-0.3, -0.25) is 4.79 Å². The fourth-order valence-electron chi connectivity index (χ4n) is 1.99. The highest BCUT2D eigenvalue weighted by Gasteiger charge is 2.13. The van der Waals surface area contributed by atoms with E-state index in [1.165, 1.54) is 6.20 Å². The molecule has 0 amide bonds. The third-order valence-corrected chi connectivity index (χ3v) is 3.00. The average molecular weight is 257 g/mol. The number of hydrogen-bond donors (Lipinski definition) is 1. The van der Waals surface area contributed by atoms with E-state index in [0.717, 1.165) is 17.5 Å². The van der Waals surface area contributed by atoms with Gasteiger partial charge in [-0.25, -0.2) is 4.79 Å². The zero-order chi connectivity index (χ0) is 14.0. The largest absolute Gasteiger partial charge is 0.477 e. The molecule has 0 spiro atoms. The minimum absolute atomic E-state index is 0.194. The highest BCUT2D eigenvalue weighted by molar-refractivity contribution is 5.92. The Balaban J connectivity index is 2.67. The third-order valence-electron chi connectivity index (χ3n) is 3.00. The summed E-state index contributed by atoms with van der Waals surface area (Å²) in [7, 11) is 0. The van der Waals surface area contributed by atoms with Crippen molar-refractivity contribution in [2.45, 2.75) is 19.9 Å². The molecule has 0 aliphatic rings. The molecule has 0 radical (unpaired) electrons. The zero-order valence-electron chi connectivity index (χ0n) is 10.7. The van der Waals surface area contributed by atoms with Gasteiger partial charge in [-0.15, -0.1) is 6.58 Å². The fourth-order valence-corrected chi connectivity index (χ4v) is 1.99. The van der Waals surface area contributed by atoms with E-state index in [2.05, 4.69) is 6.58 Å². The molecule has 0 aliphatic heterocycles. The second-order valence-corrected chi connectivity index (χ2v) is 4.59. The molecule has 19 heavy (non-hydrogen) atoms. The van der Waals surface area contributed by atoms with Gasteiger partial charge in [0.15, 0.2) is 0 Å². The molecule has 1 N–H and O–H groups in total. The minimum atomic E-state index is -1.19. The predicted molar refractivity (Wildman–Crippen MR) is 74.6 cm³/mol. The van der Waals surface area contributed by atoms with Crippen LogP contribution in [0.25, 0.3) is 10.9 Å². The van der Waals surface area contributed by atoms with Gasteiger partial charge in [0.2, 0.25) is 5.43 Å². The Labute approximate surface area is 110 Å². The van der Waals surface area contributed by atoms with E-state index in [1.54, 1.807) is 16.7 Å². The Morgan fingerprint density at radius 1 is 1.37 bits per heavy atom. The van der Waals surface area contributed by atoms with Crippen LogP contribution in [-0.4, -0.2) is 15.6 Å². The van der Waals surface area contributed by atoms with Crippen molar-refractivity contribution >= 4 is 16.9 Å². The van der Waals surface area contributed by atoms with Crippen LogP contribution in [0, 0.1) is 0 Å². The Bertz CT molecular complexity index is 713. The van der Waals surface area contributed by atoms with Crippen molar-refractivity contribution in [1.29, 1.82) is 0 Å². The van der Waals surface area contributed by atoms with E-state index in [4.69, 9.17) is 5.11 Å². The molecule has 0 bridgehead atoms. The topological polar surface area (TPSA) is 59.3 Å². The summed E-state index contributed by atoms with van der Waals surface area (Å²) in [6, 6.07) is 7.04.